The van der Waals surface area contributed by atoms with Gasteiger partial charge in [0, 0.05) is 37.0 Å². The van der Waals surface area contributed by atoms with Gasteiger partial charge >= 0.3 is 5.63 Å². The molecule has 1 aliphatic heterocycles. The van der Waals surface area contributed by atoms with E-state index in [0.29, 0.717) is 29.9 Å². The summed E-state index contributed by atoms with van der Waals surface area (Å²) in [7, 11) is 0. The Bertz CT molecular complexity index is 1610. The van der Waals surface area contributed by atoms with Gasteiger partial charge < -0.3 is 18.4 Å². The fraction of sp³-hybridized carbons (Fsp3) is 0.296. The average Bonchev–Trinajstić information content (AvgIpc) is 3.45. The van der Waals surface area contributed by atoms with Crippen LogP contribution in [0.5, 0.6) is 0 Å². The maximum Gasteiger partial charge on any atom is 0.349 e. The number of aryl methyl sites for hydroxylation is 1. The van der Waals surface area contributed by atoms with Crippen molar-refractivity contribution in [2.45, 2.75) is 38.6 Å². The van der Waals surface area contributed by atoms with Crippen LogP contribution in [-0.2, 0) is 11.3 Å². The van der Waals surface area contributed by atoms with Gasteiger partial charge in [0.1, 0.15) is 11.1 Å². The number of para-hydroxylation sites is 1. The first kappa shape index (κ1) is 22.2. The molecule has 0 spiro atoms. The molecular formula is C27H25N5O4. The van der Waals surface area contributed by atoms with Crippen molar-refractivity contribution >= 4 is 27.9 Å². The van der Waals surface area contributed by atoms with Gasteiger partial charge in [-0.1, -0.05) is 36.2 Å². The van der Waals surface area contributed by atoms with Crippen molar-refractivity contribution in [3.8, 4) is 22.8 Å². The van der Waals surface area contributed by atoms with E-state index in [9.17, 15) is 9.59 Å². The van der Waals surface area contributed by atoms with Crippen LogP contribution in [0.15, 0.2) is 68.6 Å². The number of hydrogen-bond donors (Lipinski definition) is 0. The normalized spacial score (nSPS) is 14.4. The predicted molar refractivity (Wildman–Crippen MR) is 134 cm³/mol. The highest BCUT2D eigenvalue weighted by Gasteiger charge is 2.18. The zero-order valence-corrected chi connectivity index (χ0v) is 19.7. The van der Waals surface area contributed by atoms with Gasteiger partial charge in [-0.25, -0.2) is 9.78 Å². The molecule has 0 aliphatic carbocycles. The number of benzene rings is 2. The summed E-state index contributed by atoms with van der Waals surface area (Å²) < 4.78 is 12.8. The molecule has 1 amide bonds. The molecule has 0 unspecified atom stereocenters. The second kappa shape index (κ2) is 9.41. The molecule has 0 saturated carbocycles. The molecule has 5 aromatic rings. The van der Waals surface area contributed by atoms with Gasteiger partial charge in [0.25, 0.3) is 5.89 Å². The third kappa shape index (κ3) is 4.28. The van der Waals surface area contributed by atoms with Crippen molar-refractivity contribution < 1.29 is 13.7 Å². The molecule has 1 aliphatic rings. The fourth-order valence-corrected chi connectivity index (χ4v) is 4.74. The minimum Gasteiger partial charge on any atom is -0.422 e. The largest absolute Gasteiger partial charge is 0.422 e. The molecule has 9 heteroatoms. The second-order valence-electron chi connectivity index (χ2n) is 9.09. The molecule has 6 rings (SSSR count). The van der Waals surface area contributed by atoms with E-state index in [1.54, 1.807) is 24.5 Å². The summed E-state index contributed by atoms with van der Waals surface area (Å²) in [6.07, 6.45) is 6.80. The molecule has 0 atom stereocenters. The molecule has 3 aromatic heterocycles. The van der Waals surface area contributed by atoms with E-state index in [1.165, 1.54) is 12.8 Å². The summed E-state index contributed by atoms with van der Waals surface area (Å²) in [6, 6.07) is 14.6. The van der Waals surface area contributed by atoms with E-state index < -0.39 is 5.63 Å². The fourth-order valence-electron chi connectivity index (χ4n) is 4.74. The molecule has 1 fully saturated rings. The first-order valence-electron chi connectivity index (χ1n) is 12.3. The Labute approximate surface area is 206 Å². The highest BCUT2D eigenvalue weighted by atomic mass is 16.5. The van der Waals surface area contributed by atoms with E-state index in [-0.39, 0.29) is 17.4 Å². The summed E-state index contributed by atoms with van der Waals surface area (Å²) in [6.45, 7) is 2.30. The predicted octanol–water partition coefficient (Wildman–Crippen LogP) is 4.65. The van der Waals surface area contributed by atoms with Crippen LogP contribution in [0.2, 0.25) is 0 Å². The van der Waals surface area contributed by atoms with Gasteiger partial charge in [-0.05, 0) is 43.2 Å². The van der Waals surface area contributed by atoms with Crippen LogP contribution in [0.4, 0.5) is 0 Å². The van der Waals surface area contributed by atoms with Crippen LogP contribution < -0.4 is 5.63 Å². The number of carbonyl (C=O) groups is 1. The van der Waals surface area contributed by atoms with Gasteiger partial charge in [0.05, 0.1) is 17.4 Å². The van der Waals surface area contributed by atoms with Crippen LogP contribution >= 0.6 is 0 Å². The first-order valence-corrected chi connectivity index (χ1v) is 12.3. The number of nitrogens with zero attached hydrogens (tertiary/aromatic N) is 5. The number of aromatic nitrogens is 4. The topological polar surface area (TPSA) is 107 Å². The number of amides is 1. The SMILES string of the molecule is O=C(CCn1cnc2cc(-c3noc(-c4cc5ccccc5oc4=O)n3)ccc21)N1CCCCCC1. The number of imidazole rings is 1. The van der Waals surface area contributed by atoms with Crippen LogP contribution in [0, 0.1) is 0 Å². The number of rotatable bonds is 5. The lowest BCUT2D eigenvalue weighted by molar-refractivity contribution is -0.131. The monoisotopic (exact) mass is 483 g/mol. The molecule has 0 N–H and O–H groups in total. The second-order valence-corrected chi connectivity index (χ2v) is 9.09. The Morgan fingerprint density at radius 1 is 1.00 bits per heavy atom. The lowest BCUT2D eigenvalue weighted by atomic mass is 10.1. The zero-order chi connectivity index (χ0) is 24.5. The Kier molecular flexibility index (Phi) is 5.80. The molecule has 4 heterocycles. The van der Waals surface area contributed by atoms with Crippen LogP contribution in [0.3, 0.4) is 0 Å². The van der Waals surface area contributed by atoms with E-state index in [0.717, 1.165) is 42.4 Å². The maximum absolute atomic E-state index is 12.7. The number of hydrogen-bond acceptors (Lipinski definition) is 7. The van der Waals surface area contributed by atoms with Crippen molar-refractivity contribution in [3.05, 3.63) is 65.3 Å². The van der Waals surface area contributed by atoms with Crippen molar-refractivity contribution in [1.82, 2.24) is 24.6 Å². The molecular weight excluding hydrogens is 458 g/mol. The third-order valence-electron chi connectivity index (χ3n) is 6.70. The van der Waals surface area contributed by atoms with Crippen LogP contribution in [-0.4, -0.2) is 43.6 Å². The standard InChI is InChI=1S/C27H25N5O4/c33-24(31-12-5-1-2-6-13-31)11-14-32-17-28-21-16-19(9-10-22(21)32)25-29-26(36-30-25)20-15-18-7-3-4-8-23(18)35-27(20)34/h3-4,7-10,15-17H,1-2,5-6,11-14H2. The van der Waals surface area contributed by atoms with Gasteiger partial charge in [-0.3, -0.25) is 4.79 Å². The summed E-state index contributed by atoms with van der Waals surface area (Å²) in [5, 5.41) is 4.84. The summed E-state index contributed by atoms with van der Waals surface area (Å²) >= 11 is 0. The molecule has 1 saturated heterocycles. The average molecular weight is 484 g/mol. The lowest BCUT2D eigenvalue weighted by Crippen LogP contribution is -2.32. The van der Waals surface area contributed by atoms with Crippen LogP contribution in [0.1, 0.15) is 32.1 Å². The maximum atomic E-state index is 12.7. The van der Waals surface area contributed by atoms with Crippen molar-refractivity contribution in [2.75, 3.05) is 13.1 Å². The van der Waals surface area contributed by atoms with Crippen molar-refractivity contribution in [3.63, 3.8) is 0 Å². The molecule has 9 nitrogen and oxygen atoms in total. The summed E-state index contributed by atoms with van der Waals surface area (Å²) in [5.74, 6) is 0.653. The van der Waals surface area contributed by atoms with Gasteiger partial charge in [-0.15, -0.1) is 0 Å². The number of carbonyl (C=O) groups excluding carboxylic acids is 1. The van der Waals surface area contributed by atoms with Gasteiger partial charge in [0.15, 0.2) is 0 Å². The van der Waals surface area contributed by atoms with Crippen molar-refractivity contribution in [2.24, 2.45) is 0 Å². The molecule has 2 aromatic carbocycles. The summed E-state index contributed by atoms with van der Waals surface area (Å²) in [4.78, 5) is 36.1. The molecule has 0 bridgehead atoms. The van der Waals surface area contributed by atoms with Gasteiger partial charge in [0.2, 0.25) is 11.7 Å². The van der Waals surface area contributed by atoms with E-state index in [1.807, 2.05) is 39.8 Å². The Balaban J connectivity index is 1.21. The molecule has 182 valence electrons. The third-order valence-corrected chi connectivity index (χ3v) is 6.70. The number of likely N-dealkylation sites (tertiary alicyclic amines) is 1. The highest BCUT2D eigenvalue weighted by Crippen LogP contribution is 2.25. The minimum absolute atomic E-state index is 0.0992. The zero-order valence-electron chi connectivity index (χ0n) is 19.7. The first-order chi connectivity index (χ1) is 17.7. The molecule has 0 radical (unpaired) electrons. The van der Waals surface area contributed by atoms with E-state index >= 15 is 0 Å². The Hall–Kier alpha value is -4.27. The van der Waals surface area contributed by atoms with Crippen LogP contribution in [0.25, 0.3) is 44.8 Å². The Morgan fingerprint density at radius 2 is 1.83 bits per heavy atom. The minimum atomic E-state index is -0.534. The van der Waals surface area contributed by atoms with Crippen molar-refractivity contribution in [1.29, 1.82) is 0 Å². The van der Waals surface area contributed by atoms with Gasteiger partial charge in [-0.2, -0.15) is 4.98 Å². The highest BCUT2D eigenvalue weighted by molar-refractivity contribution is 5.82. The summed E-state index contributed by atoms with van der Waals surface area (Å²) in [5.41, 5.74) is 2.60. The van der Waals surface area contributed by atoms with E-state index in [4.69, 9.17) is 8.94 Å². The van der Waals surface area contributed by atoms with E-state index in [2.05, 4.69) is 15.1 Å². The Morgan fingerprint density at radius 3 is 2.69 bits per heavy atom. The quantitative estimate of drug-likeness (QED) is 0.335. The number of fused-ring (bicyclic) bond motifs is 2. The molecule has 36 heavy (non-hydrogen) atoms. The lowest BCUT2D eigenvalue weighted by Gasteiger charge is -2.20. The smallest absolute Gasteiger partial charge is 0.349 e.